The normalized spacial score (nSPS) is 14.0. The summed E-state index contributed by atoms with van der Waals surface area (Å²) in [5.74, 6) is 0.0966. The molecular formula is C16H12ClFN6. The van der Waals surface area contributed by atoms with E-state index >= 15 is 4.39 Å². The highest BCUT2D eigenvalue weighted by Gasteiger charge is 2.40. The van der Waals surface area contributed by atoms with Crippen molar-refractivity contribution < 1.29 is 4.39 Å². The monoisotopic (exact) mass is 342 g/mol. The molecule has 120 valence electrons. The highest BCUT2D eigenvalue weighted by molar-refractivity contribution is 6.30. The molecule has 8 heteroatoms. The van der Waals surface area contributed by atoms with Crippen molar-refractivity contribution in [2.24, 2.45) is 7.05 Å². The highest BCUT2D eigenvalue weighted by Crippen LogP contribution is 2.39. The Morgan fingerprint density at radius 3 is 2.58 bits per heavy atom. The lowest BCUT2D eigenvalue weighted by atomic mass is 9.87. The molecule has 0 fully saturated rings. The molecule has 1 atom stereocenters. The van der Waals surface area contributed by atoms with E-state index < -0.39 is 5.67 Å². The summed E-state index contributed by atoms with van der Waals surface area (Å²) in [4.78, 5) is 4.04. The lowest BCUT2D eigenvalue weighted by molar-refractivity contribution is 0.266. The fourth-order valence-electron chi connectivity index (χ4n) is 2.74. The molecule has 0 radical (unpaired) electrons. The summed E-state index contributed by atoms with van der Waals surface area (Å²) in [6.45, 7) is 0. The lowest BCUT2D eigenvalue weighted by Crippen LogP contribution is -2.25. The number of nitrogens with zero attached hydrogens (tertiary/aromatic N) is 5. The van der Waals surface area contributed by atoms with Gasteiger partial charge < -0.3 is 0 Å². The van der Waals surface area contributed by atoms with E-state index in [4.69, 9.17) is 11.6 Å². The SMILES string of the molecule is Cn1nnc2ccc(C(F)(c3ccc(Cl)cc3)c3ncn[nH]3)cc21. The lowest BCUT2D eigenvalue weighted by Gasteiger charge is -2.24. The van der Waals surface area contributed by atoms with Crippen LogP contribution in [0.25, 0.3) is 11.0 Å². The molecular weight excluding hydrogens is 331 g/mol. The first kappa shape index (κ1) is 14.8. The Bertz CT molecular complexity index is 995. The van der Waals surface area contributed by atoms with Crippen molar-refractivity contribution in [1.82, 2.24) is 30.2 Å². The maximum atomic E-state index is 16.3. The Labute approximate surface area is 141 Å². The second kappa shape index (κ2) is 5.38. The number of rotatable bonds is 3. The maximum absolute atomic E-state index is 16.3. The van der Waals surface area contributed by atoms with Gasteiger partial charge in [0.2, 0.25) is 5.67 Å². The van der Waals surface area contributed by atoms with E-state index in [2.05, 4.69) is 25.5 Å². The fourth-order valence-corrected chi connectivity index (χ4v) is 2.86. The Morgan fingerprint density at radius 2 is 1.88 bits per heavy atom. The minimum atomic E-state index is -2.00. The smallest absolute Gasteiger partial charge is 0.219 e. The van der Waals surface area contributed by atoms with Crippen LogP contribution in [0.5, 0.6) is 0 Å². The Hall–Kier alpha value is -2.80. The number of aryl methyl sites for hydroxylation is 1. The van der Waals surface area contributed by atoms with E-state index in [0.29, 0.717) is 21.7 Å². The van der Waals surface area contributed by atoms with Crippen LogP contribution in [0.15, 0.2) is 48.8 Å². The molecule has 2 heterocycles. The number of alkyl halides is 1. The summed E-state index contributed by atoms with van der Waals surface area (Å²) in [6.07, 6.45) is 1.28. The van der Waals surface area contributed by atoms with Gasteiger partial charge in [0.1, 0.15) is 11.8 Å². The van der Waals surface area contributed by atoms with Crippen LogP contribution in [0.4, 0.5) is 4.39 Å². The van der Waals surface area contributed by atoms with Gasteiger partial charge in [-0.05, 0) is 24.3 Å². The Kier molecular flexibility index (Phi) is 3.31. The molecule has 0 saturated heterocycles. The van der Waals surface area contributed by atoms with E-state index in [0.717, 1.165) is 5.52 Å². The van der Waals surface area contributed by atoms with E-state index in [-0.39, 0.29) is 5.82 Å². The zero-order chi connectivity index (χ0) is 16.7. The van der Waals surface area contributed by atoms with Crippen LogP contribution >= 0.6 is 11.6 Å². The van der Waals surface area contributed by atoms with Crippen molar-refractivity contribution in [3.05, 3.63) is 70.8 Å². The molecule has 0 amide bonds. The molecule has 0 bridgehead atoms. The van der Waals surface area contributed by atoms with Gasteiger partial charge in [-0.25, -0.2) is 14.1 Å². The minimum Gasteiger partial charge on any atom is -0.260 e. The second-order valence-corrected chi connectivity index (χ2v) is 5.85. The number of aromatic amines is 1. The van der Waals surface area contributed by atoms with Crippen molar-refractivity contribution in [2.75, 3.05) is 0 Å². The van der Waals surface area contributed by atoms with Crippen LogP contribution in [0.1, 0.15) is 17.0 Å². The molecule has 6 nitrogen and oxygen atoms in total. The molecule has 2 aromatic carbocycles. The first-order valence-corrected chi connectivity index (χ1v) is 7.57. The van der Waals surface area contributed by atoms with Gasteiger partial charge in [-0.2, -0.15) is 5.10 Å². The van der Waals surface area contributed by atoms with E-state index in [9.17, 15) is 0 Å². The van der Waals surface area contributed by atoms with Gasteiger partial charge in [-0.15, -0.1) is 5.10 Å². The predicted octanol–water partition coefficient (Wildman–Crippen LogP) is 3.00. The van der Waals surface area contributed by atoms with Gasteiger partial charge in [0.15, 0.2) is 5.82 Å². The topological polar surface area (TPSA) is 72.3 Å². The number of hydrogen-bond acceptors (Lipinski definition) is 4. The number of hydrogen-bond donors (Lipinski definition) is 1. The van der Waals surface area contributed by atoms with Gasteiger partial charge in [0, 0.05) is 23.2 Å². The van der Waals surface area contributed by atoms with Crippen molar-refractivity contribution >= 4 is 22.6 Å². The minimum absolute atomic E-state index is 0.0966. The third-order valence-corrected chi connectivity index (χ3v) is 4.24. The molecule has 0 aliphatic carbocycles. The van der Waals surface area contributed by atoms with Gasteiger partial charge in [-0.1, -0.05) is 35.0 Å². The predicted molar refractivity (Wildman–Crippen MR) is 87.3 cm³/mol. The molecule has 0 saturated carbocycles. The molecule has 1 unspecified atom stereocenters. The molecule has 0 aliphatic rings. The number of fused-ring (bicyclic) bond motifs is 1. The Morgan fingerprint density at radius 1 is 1.12 bits per heavy atom. The molecule has 1 N–H and O–H groups in total. The van der Waals surface area contributed by atoms with Gasteiger partial charge in [-0.3, -0.25) is 5.10 Å². The van der Waals surface area contributed by atoms with Gasteiger partial charge >= 0.3 is 0 Å². The first-order valence-electron chi connectivity index (χ1n) is 7.20. The largest absolute Gasteiger partial charge is 0.260 e. The molecule has 4 aromatic rings. The van der Waals surface area contributed by atoms with E-state index in [1.54, 1.807) is 54.2 Å². The standard InChI is InChI=1S/C16H12ClFN6/c1-24-14-8-11(4-7-13(14)21-23-24)16(18,15-19-9-20-22-15)10-2-5-12(17)6-3-10/h2-9H,1H3,(H,19,20,22). The molecule has 0 spiro atoms. The average Bonchev–Trinajstić information content (AvgIpc) is 3.25. The van der Waals surface area contributed by atoms with Crippen LogP contribution < -0.4 is 0 Å². The van der Waals surface area contributed by atoms with Crippen LogP contribution in [0, 0.1) is 0 Å². The second-order valence-electron chi connectivity index (χ2n) is 5.42. The summed E-state index contributed by atoms with van der Waals surface area (Å²) in [6, 6.07) is 11.7. The van der Waals surface area contributed by atoms with Gasteiger partial charge in [0.25, 0.3) is 0 Å². The zero-order valence-corrected chi connectivity index (χ0v) is 13.4. The van der Waals surface area contributed by atoms with E-state index in [1.807, 2.05) is 0 Å². The number of halogens is 2. The van der Waals surface area contributed by atoms with Crippen LogP contribution in [-0.4, -0.2) is 30.2 Å². The van der Waals surface area contributed by atoms with Crippen molar-refractivity contribution in [1.29, 1.82) is 0 Å². The number of benzene rings is 2. The highest BCUT2D eigenvalue weighted by atomic mass is 35.5. The molecule has 2 aromatic heterocycles. The van der Waals surface area contributed by atoms with Crippen molar-refractivity contribution in [2.45, 2.75) is 5.67 Å². The number of aromatic nitrogens is 6. The summed E-state index contributed by atoms with van der Waals surface area (Å²) >= 11 is 5.94. The number of H-pyrrole nitrogens is 1. The molecule has 0 aliphatic heterocycles. The van der Waals surface area contributed by atoms with Crippen molar-refractivity contribution in [3.8, 4) is 0 Å². The zero-order valence-electron chi connectivity index (χ0n) is 12.6. The average molecular weight is 343 g/mol. The third-order valence-electron chi connectivity index (χ3n) is 3.99. The van der Waals surface area contributed by atoms with E-state index in [1.165, 1.54) is 6.33 Å². The number of nitrogens with one attached hydrogen (secondary N) is 1. The quantitative estimate of drug-likeness (QED) is 0.621. The molecule has 4 rings (SSSR count). The summed E-state index contributed by atoms with van der Waals surface area (Å²) in [5.41, 5.74) is 0.220. The fraction of sp³-hybridized carbons (Fsp3) is 0.125. The first-order chi connectivity index (χ1) is 11.6. The summed E-state index contributed by atoms with van der Waals surface area (Å²) in [5, 5.41) is 14.9. The molecule has 24 heavy (non-hydrogen) atoms. The maximum Gasteiger partial charge on any atom is 0.219 e. The van der Waals surface area contributed by atoms with Crippen LogP contribution in [-0.2, 0) is 12.7 Å². The summed E-state index contributed by atoms with van der Waals surface area (Å²) in [7, 11) is 1.76. The van der Waals surface area contributed by atoms with Gasteiger partial charge in [0.05, 0.1) is 5.52 Å². The van der Waals surface area contributed by atoms with Crippen molar-refractivity contribution in [3.63, 3.8) is 0 Å². The summed E-state index contributed by atoms with van der Waals surface area (Å²) < 4.78 is 17.9. The third kappa shape index (κ3) is 2.16. The Balaban J connectivity index is 1.98. The van der Waals surface area contributed by atoms with Crippen LogP contribution in [0.3, 0.4) is 0 Å². The van der Waals surface area contributed by atoms with Crippen LogP contribution in [0.2, 0.25) is 5.02 Å².